The van der Waals surface area contributed by atoms with Crippen LogP contribution < -0.4 is 4.90 Å². The maximum absolute atomic E-state index is 13.2. The number of amides is 2. The van der Waals surface area contributed by atoms with Gasteiger partial charge in [-0.2, -0.15) is 0 Å². The van der Waals surface area contributed by atoms with Gasteiger partial charge in [0.2, 0.25) is 11.8 Å². The molecule has 2 aromatic rings. The van der Waals surface area contributed by atoms with Gasteiger partial charge in [0, 0.05) is 16.9 Å². The van der Waals surface area contributed by atoms with Crippen LogP contribution in [0.2, 0.25) is 0 Å². The molecule has 2 amide bonds. The molecule has 0 radical (unpaired) electrons. The van der Waals surface area contributed by atoms with E-state index in [2.05, 4.69) is 18.8 Å². The lowest BCUT2D eigenvalue weighted by molar-refractivity contribution is -0.146. The van der Waals surface area contributed by atoms with Gasteiger partial charge in [-0.15, -0.1) is 11.3 Å². The van der Waals surface area contributed by atoms with Crippen molar-refractivity contribution in [3.63, 3.8) is 0 Å². The first-order chi connectivity index (χ1) is 11.8. The standard InChI is InChI=1S/C20H22N2O2S/c1-12-5-7-13(8-6-12)15-11-25-18(21-15)22-16(23)14-9-10-20(4,17(22)24)19(14,2)3/h5-8,11,14H,9-10H2,1-4H3. The molecule has 1 aromatic heterocycles. The van der Waals surface area contributed by atoms with Gasteiger partial charge in [0.1, 0.15) is 0 Å². The summed E-state index contributed by atoms with van der Waals surface area (Å²) in [6.45, 7) is 8.15. The van der Waals surface area contributed by atoms with Crippen molar-refractivity contribution in [2.75, 3.05) is 4.90 Å². The molecule has 25 heavy (non-hydrogen) atoms. The Balaban J connectivity index is 1.73. The van der Waals surface area contributed by atoms with E-state index in [1.54, 1.807) is 0 Å². The smallest absolute Gasteiger partial charge is 0.242 e. The Morgan fingerprint density at radius 1 is 1.16 bits per heavy atom. The maximum Gasteiger partial charge on any atom is 0.242 e. The van der Waals surface area contributed by atoms with E-state index in [1.807, 2.05) is 43.5 Å². The molecule has 5 heteroatoms. The number of hydrogen-bond donors (Lipinski definition) is 0. The minimum absolute atomic E-state index is 0.0882. The summed E-state index contributed by atoms with van der Waals surface area (Å²) in [7, 11) is 0. The summed E-state index contributed by atoms with van der Waals surface area (Å²) in [6.07, 6.45) is 1.54. The van der Waals surface area contributed by atoms with Gasteiger partial charge in [-0.05, 0) is 25.2 Å². The maximum atomic E-state index is 13.2. The second-order valence-electron chi connectivity index (χ2n) is 8.01. The Labute approximate surface area is 151 Å². The topological polar surface area (TPSA) is 50.3 Å². The number of carbonyl (C=O) groups excluding carboxylic acids is 2. The van der Waals surface area contributed by atoms with E-state index in [4.69, 9.17) is 0 Å². The molecule has 1 aliphatic carbocycles. The van der Waals surface area contributed by atoms with Gasteiger partial charge in [-0.3, -0.25) is 9.59 Å². The molecule has 1 aliphatic heterocycles. The summed E-state index contributed by atoms with van der Waals surface area (Å²) in [5.41, 5.74) is 2.20. The molecule has 2 bridgehead atoms. The zero-order valence-corrected chi connectivity index (χ0v) is 15.8. The number of benzene rings is 1. The molecule has 1 saturated carbocycles. The molecule has 2 fully saturated rings. The zero-order valence-electron chi connectivity index (χ0n) is 15.0. The van der Waals surface area contributed by atoms with Crippen molar-refractivity contribution in [1.82, 2.24) is 4.98 Å². The first-order valence-electron chi connectivity index (χ1n) is 8.67. The van der Waals surface area contributed by atoms with Crippen molar-refractivity contribution >= 4 is 28.3 Å². The number of aromatic nitrogens is 1. The summed E-state index contributed by atoms with van der Waals surface area (Å²) in [6, 6.07) is 8.11. The van der Waals surface area contributed by atoms with Crippen LogP contribution in [-0.4, -0.2) is 16.8 Å². The van der Waals surface area contributed by atoms with Gasteiger partial charge in [-0.25, -0.2) is 9.88 Å². The lowest BCUT2D eigenvalue weighted by Crippen LogP contribution is -2.59. The largest absolute Gasteiger partial charge is 0.274 e. The number of aryl methyl sites for hydroxylation is 1. The molecule has 130 valence electrons. The van der Waals surface area contributed by atoms with Crippen molar-refractivity contribution < 1.29 is 9.59 Å². The normalized spacial score (nSPS) is 27.8. The fourth-order valence-corrected chi connectivity index (χ4v) is 5.06. The average molecular weight is 354 g/mol. The fourth-order valence-electron chi connectivity index (χ4n) is 4.22. The molecule has 2 heterocycles. The molecular weight excluding hydrogens is 332 g/mol. The van der Waals surface area contributed by atoms with Crippen LogP contribution in [0.4, 0.5) is 5.13 Å². The minimum atomic E-state index is -0.499. The first kappa shape index (κ1) is 16.5. The van der Waals surface area contributed by atoms with Gasteiger partial charge in [0.15, 0.2) is 5.13 Å². The number of fused-ring (bicyclic) bond motifs is 2. The second-order valence-corrected chi connectivity index (χ2v) is 8.84. The third kappa shape index (κ3) is 2.15. The highest BCUT2D eigenvalue weighted by Gasteiger charge is 2.65. The fraction of sp³-hybridized carbons (Fsp3) is 0.450. The summed E-state index contributed by atoms with van der Waals surface area (Å²) >= 11 is 1.37. The van der Waals surface area contributed by atoms with E-state index in [0.29, 0.717) is 5.13 Å². The van der Waals surface area contributed by atoms with Crippen LogP contribution in [0, 0.1) is 23.7 Å². The number of thiazole rings is 1. The summed E-state index contributed by atoms with van der Waals surface area (Å²) in [4.78, 5) is 32.2. The Kier molecular flexibility index (Phi) is 3.45. The number of hydrogen-bond acceptors (Lipinski definition) is 4. The highest BCUT2D eigenvalue weighted by Crippen LogP contribution is 2.60. The lowest BCUT2D eigenvalue weighted by Gasteiger charge is -2.46. The van der Waals surface area contributed by atoms with Gasteiger partial charge in [-0.1, -0.05) is 50.6 Å². The van der Waals surface area contributed by atoms with Crippen LogP contribution in [0.1, 0.15) is 39.2 Å². The molecular formula is C20H22N2O2S. The molecule has 2 aliphatic rings. The number of rotatable bonds is 2. The van der Waals surface area contributed by atoms with Crippen molar-refractivity contribution in [3.05, 3.63) is 35.2 Å². The van der Waals surface area contributed by atoms with Crippen LogP contribution in [0.15, 0.2) is 29.6 Å². The first-order valence-corrected chi connectivity index (χ1v) is 9.54. The highest BCUT2D eigenvalue weighted by atomic mass is 32.1. The summed E-state index contributed by atoms with van der Waals surface area (Å²) in [5.74, 6) is -0.294. The van der Waals surface area contributed by atoms with Crippen LogP contribution in [0.5, 0.6) is 0 Å². The molecule has 0 N–H and O–H groups in total. The van der Waals surface area contributed by atoms with Gasteiger partial charge in [0.05, 0.1) is 11.1 Å². The van der Waals surface area contributed by atoms with Crippen LogP contribution in [0.25, 0.3) is 11.3 Å². The van der Waals surface area contributed by atoms with Crippen molar-refractivity contribution in [2.24, 2.45) is 16.7 Å². The van der Waals surface area contributed by atoms with Crippen LogP contribution in [0.3, 0.4) is 0 Å². The summed E-state index contributed by atoms with van der Waals surface area (Å²) < 4.78 is 0. The van der Waals surface area contributed by atoms with Crippen molar-refractivity contribution in [2.45, 2.75) is 40.5 Å². The third-order valence-electron chi connectivity index (χ3n) is 6.45. The Morgan fingerprint density at radius 3 is 2.52 bits per heavy atom. The van der Waals surface area contributed by atoms with Gasteiger partial charge in [0.25, 0.3) is 0 Å². The monoisotopic (exact) mass is 354 g/mol. The number of anilines is 1. The van der Waals surface area contributed by atoms with Gasteiger partial charge < -0.3 is 0 Å². The van der Waals surface area contributed by atoms with E-state index in [9.17, 15) is 9.59 Å². The SMILES string of the molecule is Cc1ccc(-c2csc(N3C(=O)C4CCC(C)(C3=O)C4(C)C)n2)cc1. The third-order valence-corrected chi connectivity index (χ3v) is 7.28. The molecule has 0 spiro atoms. The van der Waals surface area contributed by atoms with E-state index < -0.39 is 5.41 Å². The van der Waals surface area contributed by atoms with Crippen molar-refractivity contribution in [1.29, 1.82) is 0 Å². The number of imide groups is 1. The number of carbonyl (C=O) groups is 2. The van der Waals surface area contributed by atoms with Crippen molar-refractivity contribution in [3.8, 4) is 11.3 Å². The second kappa shape index (κ2) is 5.24. The molecule has 1 aromatic carbocycles. The molecule has 4 rings (SSSR count). The lowest BCUT2D eigenvalue weighted by atomic mass is 9.62. The Hall–Kier alpha value is -2.01. The highest BCUT2D eigenvalue weighted by molar-refractivity contribution is 7.14. The van der Waals surface area contributed by atoms with Gasteiger partial charge >= 0.3 is 0 Å². The molecule has 2 unspecified atom stereocenters. The van der Waals surface area contributed by atoms with E-state index in [-0.39, 0.29) is 23.1 Å². The Bertz CT molecular complexity index is 868. The predicted octanol–water partition coefficient (Wildman–Crippen LogP) is 4.43. The minimum Gasteiger partial charge on any atom is -0.274 e. The van der Waals surface area contributed by atoms with Crippen LogP contribution >= 0.6 is 11.3 Å². The molecule has 4 nitrogen and oxygen atoms in total. The van der Waals surface area contributed by atoms with E-state index in [1.165, 1.54) is 21.8 Å². The number of nitrogens with zero attached hydrogens (tertiary/aromatic N) is 2. The van der Waals surface area contributed by atoms with E-state index in [0.717, 1.165) is 24.1 Å². The quantitative estimate of drug-likeness (QED) is 0.750. The zero-order chi connectivity index (χ0) is 18.0. The van der Waals surface area contributed by atoms with E-state index >= 15 is 0 Å². The number of piperidine rings is 1. The van der Waals surface area contributed by atoms with Crippen LogP contribution in [-0.2, 0) is 9.59 Å². The summed E-state index contributed by atoms with van der Waals surface area (Å²) in [5, 5.41) is 2.42. The Morgan fingerprint density at radius 2 is 1.84 bits per heavy atom. The predicted molar refractivity (Wildman–Crippen MR) is 99.4 cm³/mol. The molecule has 2 atom stereocenters. The molecule has 1 saturated heterocycles. The average Bonchev–Trinajstić information content (AvgIpc) is 3.09.